The van der Waals surface area contributed by atoms with E-state index in [1.54, 1.807) is 6.92 Å². The number of hydrogen-bond acceptors (Lipinski definition) is 3. The number of amides is 3. The molecule has 38 heavy (non-hydrogen) atoms. The van der Waals surface area contributed by atoms with Crippen LogP contribution in [0.15, 0.2) is 42.5 Å². The zero-order valence-corrected chi connectivity index (χ0v) is 20.0. The van der Waals surface area contributed by atoms with Crippen LogP contribution in [0.25, 0.3) is 0 Å². The molecule has 0 bridgehead atoms. The summed E-state index contributed by atoms with van der Waals surface area (Å²) in [5, 5.41) is 11.5. The number of anilines is 1. The highest BCUT2D eigenvalue weighted by Gasteiger charge is 2.35. The first-order chi connectivity index (χ1) is 17.9. The van der Waals surface area contributed by atoms with E-state index in [1.807, 2.05) is 0 Å². The molecule has 198 valence electrons. The number of carboxylic acids is 1. The van der Waals surface area contributed by atoms with Crippen LogP contribution in [0.4, 0.5) is 32.4 Å². The van der Waals surface area contributed by atoms with E-state index in [0.29, 0.717) is 17.7 Å². The predicted octanol–water partition coefficient (Wildman–Crippen LogP) is 5.14. The molecule has 1 aliphatic rings. The Hall–Kier alpha value is -4.48. The summed E-state index contributed by atoms with van der Waals surface area (Å²) in [6.07, 6.45) is 0. The fraction of sp³-hybridized carbons (Fsp3) is 0.192. The molecular formula is C26H20F5N3O4. The Bertz CT molecular complexity index is 1460. The van der Waals surface area contributed by atoms with Crippen LogP contribution in [0.5, 0.6) is 0 Å². The lowest BCUT2D eigenvalue weighted by Gasteiger charge is -2.39. The minimum absolute atomic E-state index is 0.0403. The Labute approximate surface area is 213 Å². The number of nitrogens with zero attached hydrogens (tertiary/aromatic N) is 2. The van der Waals surface area contributed by atoms with Crippen molar-refractivity contribution in [2.24, 2.45) is 0 Å². The molecule has 0 aliphatic carbocycles. The molecule has 7 nitrogen and oxygen atoms in total. The maximum Gasteiger partial charge on any atom is 0.338 e. The van der Waals surface area contributed by atoms with Gasteiger partial charge < -0.3 is 15.3 Å². The molecule has 2 N–H and O–H groups in total. The highest BCUT2D eigenvalue weighted by Crippen LogP contribution is 2.38. The quantitative estimate of drug-likeness (QED) is 0.430. The second-order valence-corrected chi connectivity index (χ2v) is 8.65. The van der Waals surface area contributed by atoms with Gasteiger partial charge in [0.05, 0.1) is 23.8 Å². The van der Waals surface area contributed by atoms with E-state index in [0.717, 1.165) is 17.0 Å². The molecule has 4 rings (SSSR count). The van der Waals surface area contributed by atoms with Gasteiger partial charge in [0.15, 0.2) is 0 Å². The molecule has 1 unspecified atom stereocenters. The molecule has 0 fully saturated rings. The zero-order chi connectivity index (χ0) is 27.9. The molecule has 0 aromatic heterocycles. The number of halogens is 5. The lowest BCUT2D eigenvalue weighted by Crippen LogP contribution is -2.47. The highest BCUT2D eigenvalue weighted by molar-refractivity contribution is 6.00. The molecule has 0 saturated heterocycles. The van der Waals surface area contributed by atoms with Gasteiger partial charge in [0, 0.05) is 42.4 Å². The third kappa shape index (κ3) is 4.76. The normalized spacial score (nSPS) is 14.9. The number of urea groups is 1. The van der Waals surface area contributed by atoms with Crippen molar-refractivity contribution in [3.05, 3.63) is 99.4 Å². The van der Waals surface area contributed by atoms with E-state index in [9.17, 15) is 41.4 Å². The van der Waals surface area contributed by atoms with Gasteiger partial charge in [0.1, 0.15) is 29.1 Å². The van der Waals surface area contributed by atoms with E-state index in [1.165, 1.54) is 30.1 Å². The van der Waals surface area contributed by atoms with Gasteiger partial charge in [-0.1, -0.05) is 6.07 Å². The third-order valence-corrected chi connectivity index (χ3v) is 6.41. The first-order valence-corrected chi connectivity index (χ1v) is 11.2. The number of carbonyl (C=O) groups excluding carboxylic acids is 2. The highest BCUT2D eigenvalue weighted by atomic mass is 19.2. The van der Waals surface area contributed by atoms with Gasteiger partial charge in [-0.25, -0.2) is 31.5 Å². The minimum Gasteiger partial charge on any atom is -0.478 e. The van der Waals surface area contributed by atoms with Crippen molar-refractivity contribution in [1.29, 1.82) is 0 Å². The summed E-state index contributed by atoms with van der Waals surface area (Å²) < 4.78 is 70.4. The van der Waals surface area contributed by atoms with Crippen LogP contribution in [-0.4, -0.2) is 35.0 Å². The topological polar surface area (TPSA) is 90.0 Å². The summed E-state index contributed by atoms with van der Waals surface area (Å²) in [6.45, 7) is 0.410. The molecular weight excluding hydrogens is 513 g/mol. The number of nitrogens with one attached hydrogen (secondary N) is 1. The molecule has 1 aliphatic heterocycles. The molecule has 1 atom stereocenters. The number of benzene rings is 3. The van der Waals surface area contributed by atoms with Crippen molar-refractivity contribution < 1.29 is 41.4 Å². The van der Waals surface area contributed by atoms with E-state index in [-0.39, 0.29) is 11.3 Å². The Morgan fingerprint density at radius 3 is 2.24 bits per heavy atom. The number of fused-ring (bicyclic) bond motifs is 1. The summed E-state index contributed by atoms with van der Waals surface area (Å²) >= 11 is 0. The number of rotatable bonds is 6. The smallest absolute Gasteiger partial charge is 0.338 e. The van der Waals surface area contributed by atoms with Crippen LogP contribution < -0.4 is 10.2 Å². The van der Waals surface area contributed by atoms with Crippen LogP contribution in [0, 0.1) is 29.1 Å². The number of aromatic carboxylic acids is 1. The lowest BCUT2D eigenvalue weighted by atomic mass is 9.98. The molecule has 3 aromatic carbocycles. The molecule has 0 radical (unpaired) electrons. The predicted molar refractivity (Wildman–Crippen MR) is 125 cm³/mol. The van der Waals surface area contributed by atoms with Crippen molar-refractivity contribution in [3.8, 4) is 0 Å². The summed E-state index contributed by atoms with van der Waals surface area (Å²) in [4.78, 5) is 39.5. The van der Waals surface area contributed by atoms with Gasteiger partial charge in [-0.3, -0.25) is 9.69 Å². The summed E-state index contributed by atoms with van der Waals surface area (Å²) in [5.41, 5.74) is -1.39. The van der Waals surface area contributed by atoms with E-state index < -0.39 is 82.8 Å². The van der Waals surface area contributed by atoms with Gasteiger partial charge in [0.2, 0.25) is 0 Å². The average Bonchev–Trinajstić information content (AvgIpc) is 2.85. The van der Waals surface area contributed by atoms with Gasteiger partial charge >= 0.3 is 12.0 Å². The van der Waals surface area contributed by atoms with Crippen molar-refractivity contribution in [3.63, 3.8) is 0 Å². The minimum atomic E-state index is -1.62. The molecule has 0 saturated carbocycles. The van der Waals surface area contributed by atoms with Crippen molar-refractivity contribution in [2.75, 3.05) is 11.9 Å². The molecule has 3 amide bonds. The summed E-state index contributed by atoms with van der Waals surface area (Å²) in [6, 6.07) is 5.53. The zero-order valence-electron chi connectivity index (χ0n) is 20.0. The van der Waals surface area contributed by atoms with Gasteiger partial charge in [-0.05, 0) is 36.8 Å². The first-order valence-electron chi connectivity index (χ1n) is 11.2. The van der Waals surface area contributed by atoms with E-state index >= 15 is 0 Å². The van der Waals surface area contributed by atoms with Crippen LogP contribution >= 0.6 is 0 Å². The Kier molecular flexibility index (Phi) is 7.07. The molecule has 0 spiro atoms. The average molecular weight is 533 g/mol. The Morgan fingerprint density at radius 2 is 1.61 bits per heavy atom. The summed E-state index contributed by atoms with van der Waals surface area (Å²) in [7, 11) is 1.47. The van der Waals surface area contributed by atoms with Gasteiger partial charge in [-0.15, -0.1) is 0 Å². The van der Waals surface area contributed by atoms with Crippen molar-refractivity contribution >= 4 is 23.6 Å². The molecule has 3 aromatic rings. The number of carboxylic acid groups (broad SMARTS) is 1. The van der Waals surface area contributed by atoms with Gasteiger partial charge in [0.25, 0.3) is 5.91 Å². The third-order valence-electron chi connectivity index (χ3n) is 6.41. The first kappa shape index (κ1) is 26.6. The SMILES string of the molecule is CC1c2ccc(C(=O)NCc3c(F)cc(F)cc3F)cc2N(Cc2c(F)ccc(C(=O)O)c2F)C(=O)N1C. The summed E-state index contributed by atoms with van der Waals surface area (Å²) in [5.74, 6) is -8.31. The number of hydrogen-bond donors (Lipinski definition) is 2. The molecule has 12 heteroatoms. The lowest BCUT2D eigenvalue weighted by molar-refractivity contribution is 0.0691. The fourth-order valence-electron chi connectivity index (χ4n) is 4.17. The monoisotopic (exact) mass is 533 g/mol. The molecule has 1 heterocycles. The maximum absolute atomic E-state index is 14.9. The van der Waals surface area contributed by atoms with E-state index in [2.05, 4.69) is 5.32 Å². The number of carbonyl (C=O) groups is 3. The van der Waals surface area contributed by atoms with Crippen LogP contribution in [0.2, 0.25) is 0 Å². The van der Waals surface area contributed by atoms with Crippen LogP contribution in [0.1, 0.15) is 50.4 Å². The Morgan fingerprint density at radius 1 is 0.947 bits per heavy atom. The van der Waals surface area contributed by atoms with Crippen LogP contribution in [0.3, 0.4) is 0 Å². The van der Waals surface area contributed by atoms with Crippen molar-refractivity contribution in [2.45, 2.75) is 26.1 Å². The standard InChI is InChI=1S/C26H20F5N3O4/c1-12-15-4-3-13(24(35)32-10-17-20(29)8-14(27)9-21(17)30)7-22(15)34(26(38)33(12)2)11-18-19(28)6-5-16(23(18)31)25(36)37/h3-9,12H,10-11H2,1-2H3,(H,32,35)(H,36,37). The second-order valence-electron chi connectivity index (χ2n) is 8.65. The van der Waals surface area contributed by atoms with Crippen molar-refractivity contribution in [1.82, 2.24) is 10.2 Å². The largest absolute Gasteiger partial charge is 0.478 e. The second kappa shape index (κ2) is 10.1. The fourth-order valence-corrected chi connectivity index (χ4v) is 4.17. The Balaban J connectivity index is 1.69. The van der Waals surface area contributed by atoms with E-state index in [4.69, 9.17) is 0 Å². The van der Waals surface area contributed by atoms with Gasteiger partial charge in [-0.2, -0.15) is 0 Å². The maximum atomic E-state index is 14.9. The van der Waals surface area contributed by atoms with Crippen LogP contribution in [-0.2, 0) is 13.1 Å².